The highest BCUT2D eigenvalue weighted by Crippen LogP contribution is 2.41. The molecule has 9 heteroatoms. The molecule has 1 aliphatic carbocycles. The lowest BCUT2D eigenvalue weighted by Gasteiger charge is -2.43. The number of aliphatic hydroxyl groups excluding tert-OH is 1. The van der Waals surface area contributed by atoms with E-state index >= 15 is 0 Å². The minimum Gasteiger partial charge on any atom is -0.487 e. The van der Waals surface area contributed by atoms with Crippen LogP contribution in [0.4, 0.5) is 5.69 Å². The third-order valence-corrected chi connectivity index (χ3v) is 10.5. The van der Waals surface area contributed by atoms with Gasteiger partial charge in [-0.05, 0) is 112 Å². The highest BCUT2D eigenvalue weighted by atomic mass is 35.5. The second-order valence-corrected chi connectivity index (χ2v) is 13.6. The maximum Gasteiger partial charge on any atom is 0.264 e. The van der Waals surface area contributed by atoms with Crippen LogP contribution in [0.2, 0.25) is 5.02 Å². The molecule has 2 aromatic rings. The zero-order chi connectivity index (χ0) is 26.9. The van der Waals surface area contributed by atoms with E-state index in [1.165, 1.54) is 5.56 Å². The van der Waals surface area contributed by atoms with E-state index in [0.717, 1.165) is 56.4 Å². The number of carbonyl (C=O) groups is 1. The number of amides is 1. The zero-order valence-corrected chi connectivity index (χ0v) is 23.4. The Balaban J connectivity index is 1.53. The second-order valence-electron chi connectivity index (χ2n) is 11.1. The topological polar surface area (TPSA) is 95.9 Å². The first-order valence-electron chi connectivity index (χ1n) is 13.7. The number of anilines is 1. The summed E-state index contributed by atoms with van der Waals surface area (Å²) in [5, 5.41) is 10.9. The first-order chi connectivity index (χ1) is 18.2. The molecule has 2 heterocycles. The summed E-state index contributed by atoms with van der Waals surface area (Å²) in [5.41, 5.74) is 3.33. The number of nitrogens with zero attached hydrogens (tertiary/aromatic N) is 1. The Morgan fingerprint density at radius 3 is 2.66 bits per heavy atom. The van der Waals surface area contributed by atoms with Gasteiger partial charge >= 0.3 is 0 Å². The number of halogens is 1. The van der Waals surface area contributed by atoms with Gasteiger partial charge in [-0.1, -0.05) is 17.7 Å². The van der Waals surface area contributed by atoms with Gasteiger partial charge < -0.3 is 14.7 Å². The first kappa shape index (κ1) is 27.3. The van der Waals surface area contributed by atoms with E-state index in [4.69, 9.17) is 16.3 Å². The normalized spacial score (nSPS) is 28.1. The fraction of sp³-hybridized carbons (Fsp3) is 0.552. The predicted octanol–water partition coefficient (Wildman–Crippen LogP) is 5.08. The summed E-state index contributed by atoms with van der Waals surface area (Å²) in [6, 6.07) is 11.0. The highest BCUT2D eigenvalue weighted by molar-refractivity contribution is 7.90. The molecule has 2 bridgehead atoms. The largest absolute Gasteiger partial charge is 0.487 e. The molecule has 3 aliphatic rings. The summed E-state index contributed by atoms with van der Waals surface area (Å²) in [4.78, 5) is 15.4. The third-order valence-electron chi connectivity index (χ3n) is 8.54. The maximum absolute atomic E-state index is 13.1. The molecule has 0 radical (unpaired) electrons. The Labute approximate surface area is 230 Å². The van der Waals surface area contributed by atoms with Crippen LogP contribution < -0.4 is 14.4 Å². The molecule has 2 aromatic carbocycles. The first-order valence-corrected chi connectivity index (χ1v) is 15.7. The Morgan fingerprint density at radius 1 is 1.03 bits per heavy atom. The van der Waals surface area contributed by atoms with E-state index < -0.39 is 27.3 Å². The van der Waals surface area contributed by atoms with Gasteiger partial charge in [0.15, 0.2) is 0 Å². The molecule has 0 saturated heterocycles. The summed E-state index contributed by atoms with van der Waals surface area (Å²) in [6.45, 7) is 3.51. The summed E-state index contributed by atoms with van der Waals surface area (Å²) in [6.07, 6.45) is 5.95. The molecule has 7 nitrogen and oxygen atoms in total. The number of hydrogen-bond donors (Lipinski definition) is 2. The number of ether oxygens (including phenoxy) is 1. The van der Waals surface area contributed by atoms with Crippen LogP contribution in [-0.4, -0.2) is 43.9 Å². The van der Waals surface area contributed by atoms with Gasteiger partial charge in [0.05, 0.1) is 17.0 Å². The van der Waals surface area contributed by atoms with Crippen LogP contribution in [-0.2, 0) is 23.1 Å². The molecule has 4 atom stereocenters. The number of rotatable bonds is 0. The average molecular weight is 561 g/mol. The molecule has 1 saturated carbocycles. The number of carbonyl (C=O) groups excluding carboxylic acids is 1. The molecule has 38 heavy (non-hydrogen) atoms. The molecule has 2 aliphatic heterocycles. The molecule has 1 fully saturated rings. The summed E-state index contributed by atoms with van der Waals surface area (Å²) < 4.78 is 34.4. The summed E-state index contributed by atoms with van der Waals surface area (Å²) >= 11 is 6.28. The quantitative estimate of drug-likeness (QED) is 0.466. The molecule has 0 unspecified atom stereocenters. The third kappa shape index (κ3) is 5.97. The molecule has 1 amide bonds. The van der Waals surface area contributed by atoms with E-state index in [1.807, 2.05) is 18.2 Å². The Hall–Kier alpha value is -2.29. The fourth-order valence-electron chi connectivity index (χ4n) is 5.96. The SMILES string of the molecule is C[C@@H]1CCC[C@H](O)[C@@H]2CC[C@H]2CN2CCCCc3cc(Cl)ccc3COc3ccc(cc32)C(=O)NS1(=O)=O. The zero-order valence-electron chi connectivity index (χ0n) is 21.9. The van der Waals surface area contributed by atoms with Gasteiger partial charge in [0.2, 0.25) is 10.0 Å². The van der Waals surface area contributed by atoms with Crippen LogP contribution in [0.1, 0.15) is 73.4 Å². The lowest BCUT2D eigenvalue weighted by atomic mass is 9.69. The van der Waals surface area contributed by atoms with Crippen LogP contribution in [0.25, 0.3) is 0 Å². The van der Waals surface area contributed by atoms with Crippen LogP contribution in [0.3, 0.4) is 0 Å². The smallest absolute Gasteiger partial charge is 0.264 e. The van der Waals surface area contributed by atoms with E-state index in [1.54, 1.807) is 25.1 Å². The van der Waals surface area contributed by atoms with Crippen molar-refractivity contribution in [2.24, 2.45) is 11.8 Å². The number of fused-ring (bicyclic) bond motifs is 3. The second kappa shape index (κ2) is 11.4. The molecule has 5 rings (SSSR count). The fourth-order valence-corrected chi connectivity index (χ4v) is 7.21. The van der Waals surface area contributed by atoms with Crippen molar-refractivity contribution in [1.29, 1.82) is 0 Å². The van der Waals surface area contributed by atoms with Crippen molar-refractivity contribution in [1.82, 2.24) is 4.72 Å². The van der Waals surface area contributed by atoms with Crippen LogP contribution in [0.15, 0.2) is 36.4 Å². The van der Waals surface area contributed by atoms with Gasteiger partial charge in [-0.15, -0.1) is 0 Å². The van der Waals surface area contributed by atoms with Crippen molar-refractivity contribution in [2.75, 3.05) is 18.0 Å². The Kier molecular flexibility index (Phi) is 8.22. The van der Waals surface area contributed by atoms with Crippen molar-refractivity contribution < 1.29 is 23.1 Å². The Bertz CT molecular complexity index is 1280. The lowest BCUT2D eigenvalue weighted by Crippen LogP contribution is -2.43. The van der Waals surface area contributed by atoms with E-state index in [9.17, 15) is 18.3 Å². The molecule has 0 aromatic heterocycles. The van der Waals surface area contributed by atoms with Crippen molar-refractivity contribution >= 4 is 33.2 Å². The molecular formula is C29H37ClN2O5S. The minimum absolute atomic E-state index is 0.198. The molecule has 2 N–H and O–H groups in total. The van der Waals surface area contributed by atoms with Gasteiger partial charge in [-0.3, -0.25) is 4.79 Å². The summed E-state index contributed by atoms with van der Waals surface area (Å²) in [7, 11) is -3.84. The van der Waals surface area contributed by atoms with Gasteiger partial charge in [0.1, 0.15) is 12.4 Å². The van der Waals surface area contributed by atoms with E-state index in [2.05, 4.69) is 9.62 Å². The standard InChI is InChI=1S/C29H37ClN2O5S/c1-19-5-4-7-27(33)25-12-9-22(25)17-32-14-3-2-6-20-15-24(30)11-8-23(20)18-37-28-13-10-21(16-26(28)32)29(34)31-38(19,35)36/h8,10-11,13,15-16,19,22,25,27,33H,2-7,9,12,14,17-18H2,1H3,(H,31,34)/t19-,22+,25-,27+/m1/s1. The number of hydrogen-bond acceptors (Lipinski definition) is 6. The molecule has 0 spiro atoms. The molecular weight excluding hydrogens is 524 g/mol. The van der Waals surface area contributed by atoms with Gasteiger partial charge in [-0.25, -0.2) is 13.1 Å². The average Bonchev–Trinajstić information content (AvgIpc) is 2.88. The van der Waals surface area contributed by atoms with Crippen molar-refractivity contribution in [2.45, 2.75) is 76.3 Å². The lowest BCUT2D eigenvalue weighted by molar-refractivity contribution is 0.00942. The summed E-state index contributed by atoms with van der Waals surface area (Å²) in [5.74, 6) is 0.554. The van der Waals surface area contributed by atoms with Crippen LogP contribution >= 0.6 is 11.6 Å². The number of nitrogens with one attached hydrogen (secondary N) is 1. The van der Waals surface area contributed by atoms with Gasteiger partial charge in [0, 0.05) is 23.7 Å². The van der Waals surface area contributed by atoms with Gasteiger partial charge in [-0.2, -0.15) is 0 Å². The number of aryl methyl sites for hydroxylation is 1. The van der Waals surface area contributed by atoms with E-state index in [-0.39, 0.29) is 11.5 Å². The highest BCUT2D eigenvalue weighted by Gasteiger charge is 2.38. The Morgan fingerprint density at radius 2 is 1.87 bits per heavy atom. The van der Waals surface area contributed by atoms with Crippen LogP contribution in [0, 0.1) is 11.8 Å². The van der Waals surface area contributed by atoms with Gasteiger partial charge in [0.25, 0.3) is 5.91 Å². The van der Waals surface area contributed by atoms with E-state index in [0.29, 0.717) is 42.6 Å². The molecule has 206 valence electrons. The number of aliphatic hydroxyl groups is 1. The van der Waals surface area contributed by atoms with Crippen molar-refractivity contribution in [3.63, 3.8) is 0 Å². The van der Waals surface area contributed by atoms with Crippen LogP contribution in [0.5, 0.6) is 5.75 Å². The number of benzene rings is 2. The number of sulfonamides is 1. The van der Waals surface area contributed by atoms with Crippen molar-refractivity contribution in [3.05, 3.63) is 58.1 Å². The van der Waals surface area contributed by atoms with Crippen molar-refractivity contribution in [3.8, 4) is 5.75 Å². The minimum atomic E-state index is -3.84. The predicted molar refractivity (Wildman–Crippen MR) is 149 cm³/mol. The maximum atomic E-state index is 13.1. The monoisotopic (exact) mass is 560 g/mol.